The van der Waals surface area contributed by atoms with Crippen LogP contribution in [0.25, 0.3) is 0 Å². The number of aromatic nitrogens is 3. The zero-order valence-electron chi connectivity index (χ0n) is 15.3. The number of carbonyl (C=O) groups excluding carboxylic acids is 1. The summed E-state index contributed by atoms with van der Waals surface area (Å²) in [6, 6.07) is 14.0. The van der Waals surface area contributed by atoms with Crippen LogP contribution in [0.4, 0.5) is 17.6 Å². The second kappa shape index (κ2) is 7.77. The number of methoxy groups -OCH3 is 1. The molecule has 3 aromatic rings. The third-order valence-corrected chi connectivity index (χ3v) is 3.62. The second-order valence-corrected chi connectivity index (χ2v) is 6.06. The second-order valence-electron chi connectivity index (χ2n) is 6.06. The van der Waals surface area contributed by atoms with Gasteiger partial charge in [0.1, 0.15) is 11.5 Å². The number of nitrogen functional groups attached to an aromatic ring is 1. The smallest absolute Gasteiger partial charge is 0.281 e. The lowest BCUT2D eigenvalue weighted by Gasteiger charge is -2.09. The molecule has 27 heavy (non-hydrogen) atoms. The minimum absolute atomic E-state index is 0.00657. The fourth-order valence-corrected chi connectivity index (χ4v) is 2.43. The van der Waals surface area contributed by atoms with Crippen molar-refractivity contribution in [1.82, 2.24) is 14.8 Å². The summed E-state index contributed by atoms with van der Waals surface area (Å²) in [5.74, 6) is 1.21. The van der Waals surface area contributed by atoms with E-state index in [1.54, 1.807) is 37.4 Å². The summed E-state index contributed by atoms with van der Waals surface area (Å²) in [6.07, 6.45) is 0.0581. The van der Waals surface area contributed by atoms with Gasteiger partial charge in [-0.1, -0.05) is 6.07 Å². The highest BCUT2D eigenvalue weighted by molar-refractivity contribution is 5.97. The Labute approximate surface area is 156 Å². The van der Waals surface area contributed by atoms with E-state index in [1.165, 1.54) is 0 Å². The monoisotopic (exact) mass is 367 g/mol. The molecule has 2 aromatic carbocycles. The molecule has 1 heterocycles. The maximum atomic E-state index is 12.7. The molecule has 0 aliphatic carbocycles. The molecule has 3 rings (SSSR count). The van der Waals surface area contributed by atoms with E-state index in [9.17, 15) is 4.79 Å². The molecule has 8 heteroatoms. The minimum Gasteiger partial charge on any atom is -0.497 e. The van der Waals surface area contributed by atoms with Gasteiger partial charge in [0.15, 0.2) is 0 Å². The van der Waals surface area contributed by atoms with Crippen molar-refractivity contribution in [3.8, 4) is 11.5 Å². The first-order valence-corrected chi connectivity index (χ1v) is 8.41. The van der Waals surface area contributed by atoms with E-state index in [-0.39, 0.29) is 23.9 Å². The number of anilines is 3. The Morgan fingerprint density at radius 2 is 1.89 bits per heavy atom. The molecule has 0 fully saturated rings. The van der Waals surface area contributed by atoms with Gasteiger partial charge in [0.2, 0.25) is 11.9 Å². The Kier molecular flexibility index (Phi) is 5.25. The summed E-state index contributed by atoms with van der Waals surface area (Å²) in [4.78, 5) is 16.8. The number of rotatable bonds is 6. The summed E-state index contributed by atoms with van der Waals surface area (Å²) in [6.45, 7) is 3.87. The number of ether oxygens (including phenoxy) is 2. The van der Waals surface area contributed by atoms with Crippen LogP contribution < -0.4 is 20.5 Å². The van der Waals surface area contributed by atoms with Crippen LogP contribution in [0.5, 0.6) is 11.5 Å². The number of carbonyl (C=O) groups is 1. The lowest BCUT2D eigenvalue weighted by Crippen LogP contribution is -2.16. The van der Waals surface area contributed by atoms with Crippen LogP contribution in [0, 0.1) is 0 Å². The van der Waals surface area contributed by atoms with Crippen LogP contribution in [-0.2, 0) is 0 Å². The highest BCUT2D eigenvalue weighted by Gasteiger charge is 2.16. The number of benzene rings is 2. The molecule has 0 amide bonds. The van der Waals surface area contributed by atoms with E-state index >= 15 is 0 Å². The fraction of sp³-hybridized carbons (Fsp3) is 0.211. The van der Waals surface area contributed by atoms with E-state index in [0.717, 1.165) is 4.68 Å². The topological polar surface area (TPSA) is 104 Å². The Bertz CT molecular complexity index is 935. The van der Waals surface area contributed by atoms with Gasteiger partial charge >= 0.3 is 0 Å². The van der Waals surface area contributed by atoms with Gasteiger partial charge in [-0.05, 0) is 50.2 Å². The van der Waals surface area contributed by atoms with Crippen LogP contribution in [-0.4, -0.2) is 33.9 Å². The van der Waals surface area contributed by atoms with Crippen molar-refractivity contribution < 1.29 is 14.3 Å². The third kappa shape index (κ3) is 4.35. The SMILES string of the molecule is COc1cccc(Nc2nc(N)n(C(=O)c3ccc(OC(C)C)cc3)n2)c1. The summed E-state index contributed by atoms with van der Waals surface area (Å²) in [7, 11) is 1.58. The molecule has 0 bridgehead atoms. The molecule has 0 unspecified atom stereocenters. The number of nitrogens with two attached hydrogens (primary N) is 1. The van der Waals surface area contributed by atoms with Crippen molar-refractivity contribution in [3.05, 3.63) is 54.1 Å². The van der Waals surface area contributed by atoms with Gasteiger partial charge in [-0.3, -0.25) is 4.79 Å². The lowest BCUT2D eigenvalue weighted by molar-refractivity contribution is 0.0948. The van der Waals surface area contributed by atoms with E-state index in [2.05, 4.69) is 15.4 Å². The average Bonchev–Trinajstić information content (AvgIpc) is 3.01. The number of nitrogens with zero attached hydrogens (tertiary/aromatic N) is 3. The number of hydrogen-bond donors (Lipinski definition) is 2. The maximum absolute atomic E-state index is 12.7. The molecular formula is C19H21N5O3. The van der Waals surface area contributed by atoms with Gasteiger partial charge in [0.25, 0.3) is 5.91 Å². The van der Waals surface area contributed by atoms with E-state index in [1.807, 2.05) is 32.0 Å². The highest BCUT2D eigenvalue weighted by atomic mass is 16.5. The maximum Gasteiger partial charge on any atom is 0.281 e. The molecule has 0 atom stereocenters. The normalized spacial score (nSPS) is 10.7. The summed E-state index contributed by atoms with van der Waals surface area (Å²) < 4.78 is 11.8. The molecule has 0 aliphatic heterocycles. The summed E-state index contributed by atoms with van der Waals surface area (Å²) in [5.41, 5.74) is 7.01. The standard InChI is InChI=1S/C19H21N5O3/c1-12(2)27-15-9-7-13(8-10-15)17(25)24-18(20)22-19(23-24)21-14-5-4-6-16(11-14)26-3/h4-12H,1-3H3,(H3,20,21,22,23). The number of nitrogens with one attached hydrogen (secondary N) is 1. The van der Waals surface area contributed by atoms with Crippen molar-refractivity contribution in [3.63, 3.8) is 0 Å². The van der Waals surface area contributed by atoms with Gasteiger partial charge < -0.3 is 20.5 Å². The van der Waals surface area contributed by atoms with Crippen LogP contribution in [0.1, 0.15) is 24.2 Å². The first-order valence-electron chi connectivity index (χ1n) is 8.41. The molecule has 3 N–H and O–H groups in total. The van der Waals surface area contributed by atoms with Crippen molar-refractivity contribution in [2.24, 2.45) is 0 Å². The first-order chi connectivity index (χ1) is 13.0. The minimum atomic E-state index is -0.380. The van der Waals surface area contributed by atoms with E-state index < -0.39 is 0 Å². The molecule has 0 aliphatic rings. The average molecular weight is 367 g/mol. The largest absolute Gasteiger partial charge is 0.497 e. The van der Waals surface area contributed by atoms with E-state index in [4.69, 9.17) is 15.2 Å². The van der Waals surface area contributed by atoms with Gasteiger partial charge in [-0.15, -0.1) is 5.10 Å². The molecule has 0 spiro atoms. The summed E-state index contributed by atoms with van der Waals surface area (Å²) >= 11 is 0. The highest BCUT2D eigenvalue weighted by Crippen LogP contribution is 2.21. The van der Waals surface area contributed by atoms with Gasteiger partial charge in [0, 0.05) is 17.3 Å². The van der Waals surface area contributed by atoms with Gasteiger partial charge in [0.05, 0.1) is 13.2 Å². The van der Waals surface area contributed by atoms with Crippen LogP contribution in [0.3, 0.4) is 0 Å². The summed E-state index contributed by atoms with van der Waals surface area (Å²) in [5, 5.41) is 7.16. The Balaban J connectivity index is 1.78. The van der Waals surface area contributed by atoms with Gasteiger partial charge in [-0.25, -0.2) is 0 Å². The zero-order chi connectivity index (χ0) is 19.4. The zero-order valence-corrected chi connectivity index (χ0v) is 15.3. The van der Waals surface area contributed by atoms with Crippen molar-refractivity contribution in [2.45, 2.75) is 20.0 Å². The predicted octanol–water partition coefficient (Wildman–Crippen LogP) is 3.09. The Hall–Kier alpha value is -3.55. The number of hydrogen-bond acceptors (Lipinski definition) is 7. The molecule has 0 saturated heterocycles. The Morgan fingerprint density at radius 3 is 2.56 bits per heavy atom. The fourth-order valence-electron chi connectivity index (χ4n) is 2.43. The Morgan fingerprint density at radius 1 is 1.15 bits per heavy atom. The van der Waals surface area contributed by atoms with Gasteiger partial charge in [-0.2, -0.15) is 9.67 Å². The third-order valence-electron chi connectivity index (χ3n) is 3.62. The molecule has 140 valence electrons. The first kappa shape index (κ1) is 18.2. The quantitative estimate of drug-likeness (QED) is 0.690. The van der Waals surface area contributed by atoms with Crippen molar-refractivity contribution in [2.75, 3.05) is 18.2 Å². The van der Waals surface area contributed by atoms with Crippen LogP contribution in [0.15, 0.2) is 48.5 Å². The molecule has 0 radical (unpaired) electrons. The molecule has 8 nitrogen and oxygen atoms in total. The molecule has 1 aromatic heterocycles. The van der Waals surface area contributed by atoms with Crippen LogP contribution in [0.2, 0.25) is 0 Å². The molecular weight excluding hydrogens is 346 g/mol. The van der Waals surface area contributed by atoms with E-state index in [0.29, 0.717) is 22.7 Å². The lowest BCUT2D eigenvalue weighted by atomic mass is 10.2. The van der Waals surface area contributed by atoms with Crippen molar-refractivity contribution in [1.29, 1.82) is 0 Å². The van der Waals surface area contributed by atoms with Crippen molar-refractivity contribution >= 4 is 23.5 Å². The predicted molar refractivity (Wildman–Crippen MR) is 103 cm³/mol. The van der Waals surface area contributed by atoms with Crippen LogP contribution >= 0.6 is 0 Å². The molecule has 0 saturated carbocycles.